The molecule has 0 atom stereocenters. The second kappa shape index (κ2) is 10.5. The topological polar surface area (TPSA) is 103 Å². The van der Waals surface area contributed by atoms with Crippen LogP contribution in [0, 0.1) is 0 Å². The summed E-state index contributed by atoms with van der Waals surface area (Å²) >= 11 is 0. The molecular formula is C20H24N2O6S. The highest BCUT2D eigenvalue weighted by molar-refractivity contribution is 7.89. The van der Waals surface area contributed by atoms with Crippen molar-refractivity contribution in [3.8, 4) is 17.2 Å². The molecule has 2 aromatic rings. The van der Waals surface area contributed by atoms with Crippen LogP contribution in [0.3, 0.4) is 0 Å². The Labute approximate surface area is 170 Å². The summed E-state index contributed by atoms with van der Waals surface area (Å²) in [6.45, 7) is 0.566. The van der Waals surface area contributed by atoms with Crippen LogP contribution in [0.2, 0.25) is 0 Å². The van der Waals surface area contributed by atoms with Gasteiger partial charge in [-0.1, -0.05) is 18.2 Å². The van der Waals surface area contributed by atoms with Gasteiger partial charge in [0.05, 0.1) is 20.8 Å². The number of methoxy groups -OCH3 is 2. The molecule has 0 fully saturated rings. The monoisotopic (exact) mass is 420 g/mol. The maximum atomic E-state index is 12.1. The summed E-state index contributed by atoms with van der Waals surface area (Å²) in [4.78, 5) is 12.0. The third kappa shape index (κ3) is 6.23. The van der Waals surface area contributed by atoms with Gasteiger partial charge in [-0.25, -0.2) is 13.1 Å². The van der Waals surface area contributed by atoms with Crippen molar-refractivity contribution in [1.29, 1.82) is 0 Å². The summed E-state index contributed by atoms with van der Waals surface area (Å²) in [7, 11) is 0.575. The third-order valence-corrected chi connectivity index (χ3v) is 5.34. The minimum absolute atomic E-state index is 0.00438. The Morgan fingerprint density at radius 2 is 1.72 bits per heavy atom. The molecule has 0 saturated heterocycles. The van der Waals surface area contributed by atoms with E-state index in [0.717, 1.165) is 0 Å². The molecular weight excluding hydrogens is 396 g/mol. The van der Waals surface area contributed by atoms with Crippen molar-refractivity contribution in [1.82, 2.24) is 10.0 Å². The van der Waals surface area contributed by atoms with E-state index in [9.17, 15) is 13.2 Å². The number of para-hydroxylation sites is 2. The Bertz CT molecular complexity index is 973. The molecule has 0 spiro atoms. The van der Waals surface area contributed by atoms with E-state index in [1.54, 1.807) is 25.3 Å². The number of carbonyl (C=O) groups is 1. The number of nitrogens with one attached hydrogen (secondary N) is 2. The quantitative estimate of drug-likeness (QED) is 0.449. The fourth-order valence-electron chi connectivity index (χ4n) is 2.42. The number of benzene rings is 2. The molecule has 9 heteroatoms. The van der Waals surface area contributed by atoms with E-state index in [1.807, 2.05) is 12.1 Å². The van der Waals surface area contributed by atoms with Gasteiger partial charge in [0.15, 0.2) is 11.5 Å². The lowest BCUT2D eigenvalue weighted by atomic mass is 10.2. The first-order valence-electron chi connectivity index (χ1n) is 8.74. The molecule has 0 unspecified atom stereocenters. The molecule has 0 aliphatic heterocycles. The highest BCUT2D eigenvalue weighted by atomic mass is 32.2. The summed E-state index contributed by atoms with van der Waals surface area (Å²) < 4.78 is 42.3. The first kappa shape index (κ1) is 22.3. The van der Waals surface area contributed by atoms with Gasteiger partial charge in [0.2, 0.25) is 15.9 Å². The van der Waals surface area contributed by atoms with Crippen molar-refractivity contribution in [2.24, 2.45) is 0 Å². The number of rotatable bonds is 10. The lowest BCUT2D eigenvalue weighted by Gasteiger charge is -2.10. The van der Waals surface area contributed by atoms with Gasteiger partial charge in [0.25, 0.3) is 0 Å². The van der Waals surface area contributed by atoms with Crippen LogP contribution in [-0.2, 0) is 14.8 Å². The molecule has 0 aliphatic rings. The Morgan fingerprint density at radius 3 is 2.38 bits per heavy atom. The van der Waals surface area contributed by atoms with Gasteiger partial charge in [-0.3, -0.25) is 4.79 Å². The molecule has 29 heavy (non-hydrogen) atoms. The second-order valence-electron chi connectivity index (χ2n) is 5.74. The van der Waals surface area contributed by atoms with Crippen LogP contribution in [0.25, 0.3) is 6.08 Å². The first-order chi connectivity index (χ1) is 13.9. The molecule has 1 amide bonds. The number of amides is 1. The second-order valence-corrected chi connectivity index (χ2v) is 7.60. The number of hydrogen-bond acceptors (Lipinski definition) is 6. The minimum atomic E-state index is -3.69. The van der Waals surface area contributed by atoms with E-state index in [4.69, 9.17) is 14.2 Å². The Balaban J connectivity index is 1.93. The smallest absolute Gasteiger partial charge is 0.244 e. The maximum Gasteiger partial charge on any atom is 0.244 e. The fraction of sp³-hybridized carbons (Fsp3) is 0.250. The zero-order valence-electron chi connectivity index (χ0n) is 16.5. The van der Waals surface area contributed by atoms with E-state index in [2.05, 4.69) is 10.0 Å². The van der Waals surface area contributed by atoms with Gasteiger partial charge in [0, 0.05) is 6.08 Å². The van der Waals surface area contributed by atoms with Crippen LogP contribution in [0.5, 0.6) is 17.2 Å². The van der Waals surface area contributed by atoms with Gasteiger partial charge in [-0.2, -0.15) is 0 Å². The van der Waals surface area contributed by atoms with Crippen molar-refractivity contribution >= 4 is 22.0 Å². The molecule has 2 aromatic carbocycles. The molecule has 0 radical (unpaired) electrons. The predicted molar refractivity (Wildman–Crippen MR) is 110 cm³/mol. The molecule has 0 heterocycles. The summed E-state index contributed by atoms with van der Waals surface area (Å²) in [5.74, 6) is 1.10. The van der Waals surface area contributed by atoms with E-state index >= 15 is 0 Å². The van der Waals surface area contributed by atoms with E-state index in [1.165, 1.54) is 38.4 Å². The van der Waals surface area contributed by atoms with Gasteiger partial charge < -0.3 is 19.5 Å². The van der Waals surface area contributed by atoms with E-state index in [0.29, 0.717) is 23.6 Å². The zero-order valence-corrected chi connectivity index (χ0v) is 17.3. The summed E-state index contributed by atoms with van der Waals surface area (Å²) in [5.41, 5.74) is 0.542. The standard InChI is InChI=1S/C20H24N2O6S/c1-21-29(24,25)19-14-15(8-10-18(19)27-3)9-11-20(23)22-12-13-28-17-7-5-4-6-16(17)26-2/h4-11,14,21H,12-13H2,1-3H3,(H,22,23)/b11-9+. The molecule has 0 aliphatic carbocycles. The van der Waals surface area contributed by atoms with Crippen LogP contribution < -0.4 is 24.2 Å². The molecule has 156 valence electrons. The molecule has 0 saturated carbocycles. The van der Waals surface area contributed by atoms with Crippen LogP contribution in [0.4, 0.5) is 0 Å². The lowest BCUT2D eigenvalue weighted by Crippen LogP contribution is -2.26. The molecule has 2 N–H and O–H groups in total. The molecule has 0 aromatic heterocycles. The van der Waals surface area contributed by atoms with Crippen molar-refractivity contribution in [3.63, 3.8) is 0 Å². The molecule has 8 nitrogen and oxygen atoms in total. The number of sulfonamides is 1. The van der Waals surface area contributed by atoms with Crippen molar-refractivity contribution in [3.05, 3.63) is 54.1 Å². The predicted octanol–water partition coefficient (Wildman–Crippen LogP) is 1.82. The number of hydrogen-bond donors (Lipinski definition) is 2. The lowest BCUT2D eigenvalue weighted by molar-refractivity contribution is -0.116. The SMILES string of the molecule is CNS(=O)(=O)c1cc(/C=C/C(=O)NCCOc2ccccc2OC)ccc1OC. The van der Waals surface area contributed by atoms with E-state index in [-0.39, 0.29) is 23.2 Å². The average Bonchev–Trinajstić information content (AvgIpc) is 2.75. The highest BCUT2D eigenvalue weighted by Crippen LogP contribution is 2.26. The Morgan fingerprint density at radius 1 is 1.03 bits per heavy atom. The summed E-state index contributed by atoms with van der Waals surface area (Å²) in [6, 6.07) is 11.8. The molecule has 0 bridgehead atoms. The van der Waals surface area contributed by atoms with Gasteiger partial charge >= 0.3 is 0 Å². The van der Waals surface area contributed by atoms with Crippen LogP contribution in [0.15, 0.2) is 53.4 Å². The van der Waals surface area contributed by atoms with E-state index < -0.39 is 10.0 Å². The van der Waals surface area contributed by atoms with Crippen molar-refractivity contribution in [2.75, 3.05) is 34.4 Å². The van der Waals surface area contributed by atoms with Crippen LogP contribution in [-0.4, -0.2) is 48.7 Å². The number of carbonyl (C=O) groups excluding carboxylic acids is 1. The normalized spacial score (nSPS) is 11.3. The fourth-order valence-corrected chi connectivity index (χ4v) is 3.35. The van der Waals surface area contributed by atoms with Crippen LogP contribution in [0.1, 0.15) is 5.56 Å². The average molecular weight is 420 g/mol. The minimum Gasteiger partial charge on any atom is -0.495 e. The van der Waals surface area contributed by atoms with Crippen molar-refractivity contribution < 1.29 is 27.4 Å². The highest BCUT2D eigenvalue weighted by Gasteiger charge is 2.17. The van der Waals surface area contributed by atoms with Gasteiger partial charge in [0.1, 0.15) is 17.3 Å². The summed E-state index contributed by atoms with van der Waals surface area (Å²) in [6.07, 6.45) is 2.84. The Hall–Kier alpha value is -3.04. The maximum absolute atomic E-state index is 12.1. The van der Waals surface area contributed by atoms with Gasteiger partial charge in [-0.05, 0) is 43.0 Å². The van der Waals surface area contributed by atoms with Gasteiger partial charge in [-0.15, -0.1) is 0 Å². The zero-order chi connectivity index (χ0) is 21.3. The summed E-state index contributed by atoms with van der Waals surface area (Å²) in [5, 5.41) is 2.69. The first-order valence-corrected chi connectivity index (χ1v) is 10.2. The van der Waals surface area contributed by atoms with Crippen molar-refractivity contribution in [2.45, 2.75) is 4.90 Å². The third-order valence-electron chi connectivity index (χ3n) is 3.90. The largest absolute Gasteiger partial charge is 0.495 e. The Kier molecular flexibility index (Phi) is 8.05. The number of ether oxygens (including phenoxy) is 3. The molecule has 2 rings (SSSR count). The van der Waals surface area contributed by atoms with Crippen LogP contribution >= 0.6 is 0 Å².